The molecule has 3 heteroatoms. The lowest BCUT2D eigenvalue weighted by Gasteiger charge is -2.08. The molecule has 21 heavy (non-hydrogen) atoms. The summed E-state index contributed by atoms with van der Waals surface area (Å²) in [7, 11) is 0. The fourth-order valence-corrected chi connectivity index (χ4v) is 2.39. The van der Waals surface area contributed by atoms with E-state index in [4.69, 9.17) is 0 Å². The van der Waals surface area contributed by atoms with Crippen LogP contribution in [0.5, 0.6) is 0 Å². The summed E-state index contributed by atoms with van der Waals surface area (Å²) in [5, 5.41) is 5.23. The molecule has 0 aliphatic carbocycles. The standard InChI is InChI=1S/C18H16N2O/c21-18(20-13-14-5-4-10-19-12-14)11-16-8-3-7-15-6-1-2-9-17(15)16/h1-10,12H,11,13H2,(H,20,21). The van der Waals surface area contributed by atoms with Gasteiger partial charge in [-0.05, 0) is 28.0 Å². The van der Waals surface area contributed by atoms with Gasteiger partial charge in [-0.25, -0.2) is 0 Å². The van der Waals surface area contributed by atoms with Crippen molar-refractivity contribution in [3.05, 3.63) is 78.1 Å². The lowest BCUT2D eigenvalue weighted by Crippen LogP contribution is -2.24. The topological polar surface area (TPSA) is 42.0 Å². The number of hydrogen-bond acceptors (Lipinski definition) is 2. The molecule has 3 rings (SSSR count). The molecule has 0 atom stereocenters. The zero-order valence-electron chi connectivity index (χ0n) is 11.6. The first-order valence-corrected chi connectivity index (χ1v) is 6.95. The highest BCUT2D eigenvalue weighted by atomic mass is 16.1. The van der Waals surface area contributed by atoms with Crippen molar-refractivity contribution < 1.29 is 4.79 Å². The van der Waals surface area contributed by atoms with E-state index in [1.54, 1.807) is 12.4 Å². The number of pyridine rings is 1. The Hall–Kier alpha value is -2.68. The molecule has 104 valence electrons. The Balaban J connectivity index is 1.69. The van der Waals surface area contributed by atoms with E-state index in [0.29, 0.717) is 13.0 Å². The third-order valence-electron chi connectivity index (χ3n) is 3.44. The second kappa shape index (κ2) is 6.18. The number of nitrogens with zero attached hydrogens (tertiary/aromatic N) is 1. The van der Waals surface area contributed by atoms with Crippen molar-refractivity contribution in [2.75, 3.05) is 0 Å². The van der Waals surface area contributed by atoms with Gasteiger partial charge in [-0.15, -0.1) is 0 Å². The highest BCUT2D eigenvalue weighted by Gasteiger charge is 2.06. The number of carbonyl (C=O) groups is 1. The molecule has 1 heterocycles. The van der Waals surface area contributed by atoms with Crippen molar-refractivity contribution in [3.63, 3.8) is 0 Å². The normalized spacial score (nSPS) is 10.5. The van der Waals surface area contributed by atoms with Crippen LogP contribution in [0.25, 0.3) is 10.8 Å². The molecule has 1 amide bonds. The minimum atomic E-state index is 0.0233. The van der Waals surface area contributed by atoms with E-state index in [9.17, 15) is 4.79 Å². The number of rotatable bonds is 4. The summed E-state index contributed by atoms with van der Waals surface area (Å²) in [4.78, 5) is 16.1. The fourth-order valence-electron chi connectivity index (χ4n) is 2.39. The van der Waals surface area contributed by atoms with Crippen molar-refractivity contribution in [2.24, 2.45) is 0 Å². The maximum atomic E-state index is 12.1. The molecule has 0 saturated carbocycles. The van der Waals surface area contributed by atoms with Crippen LogP contribution in [-0.4, -0.2) is 10.9 Å². The Morgan fingerprint density at radius 3 is 2.71 bits per heavy atom. The van der Waals surface area contributed by atoms with Gasteiger partial charge >= 0.3 is 0 Å². The van der Waals surface area contributed by atoms with Crippen LogP contribution in [0.3, 0.4) is 0 Å². The molecular formula is C18H16N2O. The largest absolute Gasteiger partial charge is 0.352 e. The van der Waals surface area contributed by atoms with Gasteiger partial charge in [0.25, 0.3) is 0 Å². The van der Waals surface area contributed by atoms with Crippen molar-refractivity contribution in [1.29, 1.82) is 0 Å². The summed E-state index contributed by atoms with van der Waals surface area (Å²) >= 11 is 0. The lowest BCUT2D eigenvalue weighted by molar-refractivity contribution is -0.120. The van der Waals surface area contributed by atoms with Gasteiger partial charge in [-0.2, -0.15) is 0 Å². The smallest absolute Gasteiger partial charge is 0.224 e. The van der Waals surface area contributed by atoms with Crippen LogP contribution < -0.4 is 5.32 Å². The summed E-state index contributed by atoms with van der Waals surface area (Å²) in [6, 6.07) is 18.0. The van der Waals surface area contributed by atoms with Gasteiger partial charge in [0.05, 0.1) is 6.42 Å². The quantitative estimate of drug-likeness (QED) is 0.795. The molecule has 0 unspecified atom stereocenters. The average molecular weight is 276 g/mol. The van der Waals surface area contributed by atoms with Crippen molar-refractivity contribution >= 4 is 16.7 Å². The van der Waals surface area contributed by atoms with Crippen molar-refractivity contribution in [1.82, 2.24) is 10.3 Å². The van der Waals surface area contributed by atoms with E-state index in [1.807, 2.05) is 36.4 Å². The molecule has 2 aromatic carbocycles. The first-order valence-electron chi connectivity index (χ1n) is 6.95. The summed E-state index contributed by atoms with van der Waals surface area (Å²) < 4.78 is 0. The van der Waals surface area contributed by atoms with Gasteiger partial charge in [-0.3, -0.25) is 9.78 Å². The van der Waals surface area contributed by atoms with E-state index in [1.165, 1.54) is 0 Å². The predicted octanol–water partition coefficient (Wildman–Crippen LogP) is 3.09. The molecule has 0 aliphatic rings. The predicted molar refractivity (Wildman–Crippen MR) is 83.7 cm³/mol. The minimum Gasteiger partial charge on any atom is -0.352 e. The van der Waals surface area contributed by atoms with Crippen LogP contribution in [0.2, 0.25) is 0 Å². The second-order valence-electron chi connectivity index (χ2n) is 4.95. The number of amides is 1. The molecule has 1 N–H and O–H groups in total. The highest BCUT2D eigenvalue weighted by Crippen LogP contribution is 2.18. The molecule has 3 aromatic rings. The first kappa shape index (κ1) is 13.3. The SMILES string of the molecule is O=C(Cc1cccc2ccccc12)NCc1cccnc1. The monoisotopic (exact) mass is 276 g/mol. The third-order valence-corrected chi connectivity index (χ3v) is 3.44. The maximum absolute atomic E-state index is 12.1. The Labute approximate surface area is 123 Å². The summed E-state index contributed by atoms with van der Waals surface area (Å²) in [6.45, 7) is 0.511. The zero-order valence-corrected chi connectivity index (χ0v) is 11.6. The number of hydrogen-bond donors (Lipinski definition) is 1. The molecule has 1 aromatic heterocycles. The molecule has 0 saturated heterocycles. The molecular weight excluding hydrogens is 260 g/mol. The minimum absolute atomic E-state index is 0.0233. The van der Waals surface area contributed by atoms with Crippen molar-refractivity contribution in [2.45, 2.75) is 13.0 Å². The number of fused-ring (bicyclic) bond motifs is 1. The molecule has 0 radical (unpaired) electrons. The van der Waals surface area contributed by atoms with Crippen LogP contribution in [0.15, 0.2) is 67.0 Å². The van der Waals surface area contributed by atoms with Crippen molar-refractivity contribution in [3.8, 4) is 0 Å². The average Bonchev–Trinajstić information content (AvgIpc) is 2.54. The fraction of sp³-hybridized carbons (Fsp3) is 0.111. The Kier molecular flexibility index (Phi) is 3.92. The Morgan fingerprint density at radius 2 is 1.86 bits per heavy atom. The molecule has 0 aliphatic heterocycles. The number of benzene rings is 2. The Bertz CT molecular complexity index is 748. The highest BCUT2D eigenvalue weighted by molar-refractivity contribution is 5.90. The summed E-state index contributed by atoms with van der Waals surface area (Å²) in [5.41, 5.74) is 2.06. The molecule has 0 spiro atoms. The number of aromatic nitrogens is 1. The van der Waals surface area contributed by atoms with E-state index < -0.39 is 0 Å². The lowest BCUT2D eigenvalue weighted by atomic mass is 10.0. The molecule has 0 fully saturated rings. The molecule has 0 bridgehead atoms. The van der Waals surface area contributed by atoms with Crippen LogP contribution in [0.1, 0.15) is 11.1 Å². The number of nitrogens with one attached hydrogen (secondary N) is 1. The summed E-state index contributed by atoms with van der Waals surface area (Å²) in [6.07, 6.45) is 3.88. The van der Waals surface area contributed by atoms with Gasteiger partial charge in [-0.1, -0.05) is 48.5 Å². The van der Waals surface area contributed by atoms with Gasteiger partial charge in [0, 0.05) is 18.9 Å². The van der Waals surface area contributed by atoms with Crippen LogP contribution in [0, 0.1) is 0 Å². The molecule has 3 nitrogen and oxygen atoms in total. The Morgan fingerprint density at radius 1 is 1.00 bits per heavy atom. The zero-order chi connectivity index (χ0) is 14.5. The second-order valence-corrected chi connectivity index (χ2v) is 4.95. The summed E-state index contributed by atoms with van der Waals surface area (Å²) in [5.74, 6) is 0.0233. The first-order chi connectivity index (χ1) is 10.3. The van der Waals surface area contributed by atoms with Gasteiger partial charge in [0.1, 0.15) is 0 Å². The van der Waals surface area contributed by atoms with Crippen LogP contribution in [0.4, 0.5) is 0 Å². The third kappa shape index (κ3) is 3.26. The van der Waals surface area contributed by atoms with E-state index >= 15 is 0 Å². The maximum Gasteiger partial charge on any atom is 0.224 e. The van der Waals surface area contributed by atoms with Crippen LogP contribution >= 0.6 is 0 Å². The van der Waals surface area contributed by atoms with E-state index in [0.717, 1.165) is 21.9 Å². The van der Waals surface area contributed by atoms with Crippen LogP contribution in [-0.2, 0) is 17.8 Å². The number of carbonyl (C=O) groups excluding carboxylic acids is 1. The van der Waals surface area contributed by atoms with Gasteiger partial charge < -0.3 is 5.32 Å². The van der Waals surface area contributed by atoms with Gasteiger partial charge in [0.15, 0.2) is 0 Å². The van der Waals surface area contributed by atoms with Gasteiger partial charge in [0.2, 0.25) is 5.91 Å². The van der Waals surface area contributed by atoms with E-state index in [-0.39, 0.29) is 5.91 Å². The van der Waals surface area contributed by atoms with E-state index in [2.05, 4.69) is 28.5 Å².